The number of piperazine rings is 1. The molecule has 0 aliphatic carbocycles. The van der Waals surface area contributed by atoms with E-state index in [0.717, 1.165) is 42.7 Å². The summed E-state index contributed by atoms with van der Waals surface area (Å²) < 4.78 is 5.82. The first kappa shape index (κ1) is 17.5. The number of oxazole rings is 1. The predicted octanol–water partition coefficient (Wildman–Crippen LogP) is 3.04. The Morgan fingerprint density at radius 3 is 3.05 bits per heavy atom. The van der Waals surface area contributed by atoms with Crippen molar-refractivity contribution in [2.24, 2.45) is 0 Å². The maximum atomic E-state index is 5.82. The topological polar surface area (TPSA) is 41.3 Å². The van der Waals surface area contributed by atoms with Gasteiger partial charge >= 0.3 is 0 Å². The summed E-state index contributed by atoms with van der Waals surface area (Å²) in [6.07, 6.45) is 1.83. The first-order valence-corrected chi connectivity index (χ1v) is 7.14. The fourth-order valence-electron chi connectivity index (χ4n) is 2.21. The van der Waals surface area contributed by atoms with Crippen LogP contribution >= 0.6 is 36.2 Å². The second-order valence-electron chi connectivity index (χ2n) is 4.62. The molecule has 0 bridgehead atoms. The smallest absolute Gasteiger partial charge is 0.209 e. The first-order valence-electron chi connectivity index (χ1n) is 6.26. The van der Waals surface area contributed by atoms with Crippen LogP contribution in [0.2, 0.25) is 0 Å². The third-order valence-electron chi connectivity index (χ3n) is 3.29. The number of nitrogens with one attached hydrogen (secondary N) is 1. The van der Waals surface area contributed by atoms with E-state index in [9.17, 15) is 0 Å². The standard InChI is InChI=1S/C13H17N3OS.2ClH/c1-10-7-14-4-5-16(10)9-13-15-8-11(17-13)12-3-2-6-18-12;;/h2-3,6,8,10,14H,4-5,7,9H2,1H3;2*1H/t10-;;/m0../s1. The lowest BCUT2D eigenvalue weighted by Crippen LogP contribution is -2.49. The Hall–Kier alpha value is -0.590. The van der Waals surface area contributed by atoms with Crippen LogP contribution in [0.25, 0.3) is 10.6 Å². The summed E-state index contributed by atoms with van der Waals surface area (Å²) in [5.41, 5.74) is 0. The molecule has 20 heavy (non-hydrogen) atoms. The molecule has 2 aromatic rings. The quantitative estimate of drug-likeness (QED) is 0.935. The molecule has 1 saturated heterocycles. The summed E-state index contributed by atoms with van der Waals surface area (Å²) in [6.45, 7) is 6.17. The number of rotatable bonds is 3. The highest BCUT2D eigenvalue weighted by molar-refractivity contribution is 7.13. The van der Waals surface area contributed by atoms with Crippen molar-refractivity contribution >= 4 is 36.2 Å². The molecule has 1 fully saturated rings. The second kappa shape index (κ2) is 8.00. The van der Waals surface area contributed by atoms with E-state index in [1.54, 1.807) is 11.3 Å². The lowest BCUT2D eigenvalue weighted by atomic mass is 10.2. The Labute approximate surface area is 135 Å². The summed E-state index contributed by atoms with van der Waals surface area (Å²) >= 11 is 1.68. The Morgan fingerprint density at radius 1 is 1.50 bits per heavy atom. The van der Waals surface area contributed by atoms with Crippen LogP contribution in [0.4, 0.5) is 0 Å². The SMILES string of the molecule is C[C@H]1CNCCN1Cc1ncc(-c2cccs2)o1.Cl.Cl. The van der Waals surface area contributed by atoms with E-state index >= 15 is 0 Å². The van der Waals surface area contributed by atoms with Gasteiger partial charge in [0, 0.05) is 25.7 Å². The van der Waals surface area contributed by atoms with Gasteiger partial charge < -0.3 is 9.73 Å². The number of hydrogen-bond donors (Lipinski definition) is 1. The molecular formula is C13H19Cl2N3OS. The van der Waals surface area contributed by atoms with Gasteiger partial charge in [0.05, 0.1) is 17.6 Å². The Kier molecular flexibility index (Phi) is 6.99. The fourth-order valence-corrected chi connectivity index (χ4v) is 2.88. The summed E-state index contributed by atoms with van der Waals surface area (Å²) in [7, 11) is 0. The molecule has 3 rings (SSSR count). The van der Waals surface area contributed by atoms with Crippen molar-refractivity contribution in [3.05, 3.63) is 29.6 Å². The maximum Gasteiger partial charge on any atom is 0.209 e. The van der Waals surface area contributed by atoms with Crippen molar-refractivity contribution in [1.82, 2.24) is 15.2 Å². The number of halogens is 2. The van der Waals surface area contributed by atoms with Crippen LogP contribution in [0, 0.1) is 0 Å². The molecule has 112 valence electrons. The van der Waals surface area contributed by atoms with Crippen molar-refractivity contribution in [3.8, 4) is 10.6 Å². The van der Waals surface area contributed by atoms with E-state index in [1.807, 2.05) is 12.3 Å². The van der Waals surface area contributed by atoms with Crippen molar-refractivity contribution in [2.75, 3.05) is 19.6 Å². The van der Waals surface area contributed by atoms with E-state index in [-0.39, 0.29) is 24.8 Å². The molecule has 0 amide bonds. The summed E-state index contributed by atoms with van der Waals surface area (Å²) in [5, 5.41) is 5.44. The van der Waals surface area contributed by atoms with Gasteiger partial charge in [-0.05, 0) is 18.4 Å². The number of nitrogens with zero attached hydrogens (tertiary/aromatic N) is 2. The minimum atomic E-state index is 0. The molecule has 7 heteroatoms. The number of aromatic nitrogens is 1. The van der Waals surface area contributed by atoms with Gasteiger partial charge in [0.2, 0.25) is 5.89 Å². The molecular weight excluding hydrogens is 317 g/mol. The number of thiophene rings is 1. The molecule has 0 spiro atoms. The van der Waals surface area contributed by atoms with Crippen molar-refractivity contribution in [3.63, 3.8) is 0 Å². The number of hydrogen-bond acceptors (Lipinski definition) is 5. The lowest BCUT2D eigenvalue weighted by molar-refractivity contribution is 0.151. The maximum absolute atomic E-state index is 5.82. The largest absolute Gasteiger partial charge is 0.438 e. The molecule has 0 saturated carbocycles. The van der Waals surface area contributed by atoms with Crippen LogP contribution in [-0.2, 0) is 6.54 Å². The van der Waals surface area contributed by atoms with E-state index in [2.05, 4.69) is 33.6 Å². The van der Waals surface area contributed by atoms with E-state index in [1.165, 1.54) is 0 Å². The van der Waals surface area contributed by atoms with Gasteiger partial charge in [0.25, 0.3) is 0 Å². The molecule has 1 aliphatic heterocycles. The van der Waals surface area contributed by atoms with Gasteiger partial charge in [0.1, 0.15) is 0 Å². The van der Waals surface area contributed by atoms with Crippen LogP contribution in [0.1, 0.15) is 12.8 Å². The normalized spacial score (nSPS) is 19.1. The molecule has 0 radical (unpaired) electrons. The fraction of sp³-hybridized carbons (Fsp3) is 0.462. The van der Waals surface area contributed by atoms with Crippen molar-refractivity contribution in [1.29, 1.82) is 0 Å². The molecule has 1 N–H and O–H groups in total. The Bertz CT molecular complexity index is 503. The van der Waals surface area contributed by atoms with Gasteiger partial charge in [-0.25, -0.2) is 4.98 Å². The average Bonchev–Trinajstić information content (AvgIpc) is 3.02. The molecule has 0 unspecified atom stereocenters. The monoisotopic (exact) mass is 335 g/mol. The highest BCUT2D eigenvalue weighted by Gasteiger charge is 2.20. The lowest BCUT2D eigenvalue weighted by Gasteiger charge is -2.32. The summed E-state index contributed by atoms with van der Waals surface area (Å²) in [4.78, 5) is 7.92. The Morgan fingerprint density at radius 2 is 2.35 bits per heavy atom. The van der Waals surface area contributed by atoms with Gasteiger partial charge in [-0.15, -0.1) is 36.2 Å². The van der Waals surface area contributed by atoms with Gasteiger partial charge in [-0.3, -0.25) is 4.90 Å². The summed E-state index contributed by atoms with van der Waals surface area (Å²) in [5.74, 6) is 1.69. The third-order valence-corrected chi connectivity index (χ3v) is 4.18. The van der Waals surface area contributed by atoms with Crippen LogP contribution in [-0.4, -0.2) is 35.6 Å². The van der Waals surface area contributed by atoms with E-state index in [0.29, 0.717) is 6.04 Å². The molecule has 3 heterocycles. The highest BCUT2D eigenvalue weighted by Crippen LogP contribution is 2.25. The van der Waals surface area contributed by atoms with Gasteiger partial charge in [-0.2, -0.15) is 0 Å². The van der Waals surface area contributed by atoms with Crippen LogP contribution in [0.5, 0.6) is 0 Å². The molecule has 4 nitrogen and oxygen atoms in total. The van der Waals surface area contributed by atoms with Crippen molar-refractivity contribution < 1.29 is 4.42 Å². The van der Waals surface area contributed by atoms with E-state index < -0.39 is 0 Å². The zero-order valence-corrected chi connectivity index (χ0v) is 13.7. The minimum Gasteiger partial charge on any atom is -0.438 e. The third kappa shape index (κ3) is 3.96. The zero-order chi connectivity index (χ0) is 12.4. The first-order chi connectivity index (χ1) is 8.83. The van der Waals surface area contributed by atoms with Crippen molar-refractivity contribution in [2.45, 2.75) is 19.5 Å². The van der Waals surface area contributed by atoms with Gasteiger partial charge in [0.15, 0.2) is 5.76 Å². The predicted molar refractivity (Wildman–Crippen MR) is 87.1 cm³/mol. The van der Waals surface area contributed by atoms with E-state index in [4.69, 9.17) is 4.42 Å². The second-order valence-corrected chi connectivity index (χ2v) is 5.57. The zero-order valence-electron chi connectivity index (χ0n) is 11.2. The minimum absolute atomic E-state index is 0. The summed E-state index contributed by atoms with van der Waals surface area (Å²) in [6, 6.07) is 4.62. The molecule has 1 atom stereocenters. The van der Waals surface area contributed by atoms with Crippen LogP contribution < -0.4 is 5.32 Å². The molecule has 1 aliphatic rings. The van der Waals surface area contributed by atoms with Crippen LogP contribution in [0.3, 0.4) is 0 Å². The average molecular weight is 336 g/mol. The Balaban J connectivity index is 0.000001000. The van der Waals surface area contributed by atoms with Crippen LogP contribution in [0.15, 0.2) is 28.1 Å². The highest BCUT2D eigenvalue weighted by atomic mass is 35.5. The van der Waals surface area contributed by atoms with Gasteiger partial charge in [-0.1, -0.05) is 6.07 Å². The molecule has 0 aromatic carbocycles. The molecule has 2 aromatic heterocycles.